The number of nitrogens with zero attached hydrogens (tertiary/aromatic N) is 1. The van der Waals surface area contributed by atoms with Gasteiger partial charge in [0.15, 0.2) is 0 Å². The van der Waals surface area contributed by atoms with E-state index in [2.05, 4.69) is 24.2 Å². The van der Waals surface area contributed by atoms with Crippen LogP contribution in [0.5, 0.6) is 5.75 Å². The molecule has 0 radical (unpaired) electrons. The zero-order valence-corrected chi connectivity index (χ0v) is 12.3. The normalized spacial score (nSPS) is 12.4. The molecule has 1 aromatic carbocycles. The average Bonchev–Trinajstić information content (AvgIpc) is 2.87. The van der Waals surface area contributed by atoms with E-state index in [-0.39, 0.29) is 0 Å². The zero-order chi connectivity index (χ0) is 13.1. The van der Waals surface area contributed by atoms with Crippen LogP contribution in [0.1, 0.15) is 31.9 Å². The molecule has 0 fully saturated rings. The van der Waals surface area contributed by atoms with E-state index in [0.717, 1.165) is 28.4 Å². The molecule has 0 saturated heterocycles. The van der Waals surface area contributed by atoms with Gasteiger partial charge in [-0.05, 0) is 30.5 Å². The van der Waals surface area contributed by atoms with Gasteiger partial charge in [0.25, 0.3) is 0 Å². The van der Waals surface area contributed by atoms with Crippen LogP contribution < -0.4 is 4.74 Å². The monoisotopic (exact) mass is 281 g/mol. The van der Waals surface area contributed by atoms with Gasteiger partial charge < -0.3 is 4.74 Å². The van der Waals surface area contributed by atoms with Crippen LogP contribution in [0.15, 0.2) is 23.6 Å². The number of methoxy groups -OCH3 is 1. The van der Waals surface area contributed by atoms with Crippen molar-refractivity contribution >= 4 is 22.9 Å². The number of hydrogen-bond donors (Lipinski definition) is 0. The topological polar surface area (TPSA) is 22.1 Å². The minimum Gasteiger partial charge on any atom is -0.496 e. The summed E-state index contributed by atoms with van der Waals surface area (Å²) < 4.78 is 5.36. The molecule has 4 heteroatoms. The molecule has 0 bridgehead atoms. The fourth-order valence-corrected chi connectivity index (χ4v) is 2.82. The number of benzene rings is 1. The highest BCUT2D eigenvalue weighted by molar-refractivity contribution is 7.13. The lowest BCUT2D eigenvalue weighted by Crippen LogP contribution is -1.92. The number of thiazole rings is 1. The molecule has 0 aliphatic rings. The van der Waals surface area contributed by atoms with Crippen molar-refractivity contribution in [3.05, 3.63) is 34.3 Å². The van der Waals surface area contributed by atoms with Gasteiger partial charge in [-0.15, -0.1) is 11.3 Å². The molecular weight excluding hydrogens is 266 g/mol. The lowest BCUT2D eigenvalue weighted by atomic mass is 10.1. The Labute approximate surface area is 117 Å². The van der Waals surface area contributed by atoms with E-state index >= 15 is 0 Å². The van der Waals surface area contributed by atoms with E-state index in [0.29, 0.717) is 10.9 Å². The standard InChI is InChI=1S/C14H16ClNOS/c1-4-9(2)12-8-18-14(16-12)11-6-5-10(15)7-13(11)17-3/h5-9H,4H2,1-3H3. The predicted molar refractivity (Wildman–Crippen MR) is 77.8 cm³/mol. The number of hydrogen-bond acceptors (Lipinski definition) is 3. The molecule has 2 aromatic rings. The van der Waals surface area contributed by atoms with Crippen LogP contribution in [0.3, 0.4) is 0 Å². The fraction of sp³-hybridized carbons (Fsp3) is 0.357. The van der Waals surface area contributed by atoms with Crippen molar-refractivity contribution < 1.29 is 4.74 Å². The van der Waals surface area contributed by atoms with E-state index in [1.165, 1.54) is 0 Å². The highest BCUT2D eigenvalue weighted by Gasteiger charge is 2.13. The molecular formula is C14H16ClNOS. The first-order chi connectivity index (χ1) is 8.65. The third kappa shape index (κ3) is 2.68. The van der Waals surface area contributed by atoms with E-state index in [9.17, 15) is 0 Å². The molecule has 2 nitrogen and oxygen atoms in total. The molecule has 0 aliphatic heterocycles. The van der Waals surface area contributed by atoms with Crippen molar-refractivity contribution in [1.82, 2.24) is 4.98 Å². The molecule has 18 heavy (non-hydrogen) atoms. The lowest BCUT2D eigenvalue weighted by Gasteiger charge is -2.06. The molecule has 0 saturated carbocycles. The Bertz CT molecular complexity index is 538. The molecule has 96 valence electrons. The first-order valence-corrected chi connectivity index (χ1v) is 7.20. The maximum atomic E-state index is 5.96. The Balaban J connectivity index is 2.39. The summed E-state index contributed by atoms with van der Waals surface area (Å²) in [5.41, 5.74) is 2.15. The van der Waals surface area contributed by atoms with Crippen LogP contribution in [0.2, 0.25) is 5.02 Å². The Morgan fingerprint density at radius 1 is 1.44 bits per heavy atom. The van der Waals surface area contributed by atoms with Gasteiger partial charge in [0.05, 0.1) is 18.4 Å². The van der Waals surface area contributed by atoms with Crippen molar-refractivity contribution in [3.8, 4) is 16.3 Å². The third-order valence-corrected chi connectivity index (χ3v) is 4.16. The van der Waals surface area contributed by atoms with Crippen LogP contribution in [-0.2, 0) is 0 Å². The van der Waals surface area contributed by atoms with Gasteiger partial charge in [0, 0.05) is 10.4 Å². The van der Waals surface area contributed by atoms with Crippen molar-refractivity contribution in [3.63, 3.8) is 0 Å². The molecule has 0 aliphatic carbocycles. The van der Waals surface area contributed by atoms with Crippen LogP contribution in [-0.4, -0.2) is 12.1 Å². The van der Waals surface area contributed by atoms with Gasteiger partial charge in [-0.1, -0.05) is 25.4 Å². The minimum atomic E-state index is 0.494. The van der Waals surface area contributed by atoms with Crippen molar-refractivity contribution in [2.45, 2.75) is 26.2 Å². The number of halogens is 1. The van der Waals surface area contributed by atoms with Crippen LogP contribution >= 0.6 is 22.9 Å². The molecule has 0 amide bonds. The van der Waals surface area contributed by atoms with Gasteiger partial charge >= 0.3 is 0 Å². The smallest absolute Gasteiger partial charge is 0.130 e. The molecule has 0 N–H and O–H groups in total. The summed E-state index contributed by atoms with van der Waals surface area (Å²) in [6.45, 7) is 4.37. The van der Waals surface area contributed by atoms with Crippen LogP contribution in [0.4, 0.5) is 0 Å². The molecule has 1 heterocycles. The average molecular weight is 282 g/mol. The minimum absolute atomic E-state index is 0.494. The molecule has 1 unspecified atom stereocenters. The summed E-state index contributed by atoms with van der Waals surface area (Å²) in [4.78, 5) is 4.68. The molecule has 2 rings (SSSR count). The summed E-state index contributed by atoms with van der Waals surface area (Å²) in [6.07, 6.45) is 1.10. The first kappa shape index (κ1) is 13.4. The Kier molecular flexibility index (Phi) is 4.25. The van der Waals surface area contributed by atoms with Gasteiger partial charge in [-0.2, -0.15) is 0 Å². The zero-order valence-electron chi connectivity index (χ0n) is 10.7. The van der Waals surface area contributed by atoms with E-state index < -0.39 is 0 Å². The highest BCUT2D eigenvalue weighted by Crippen LogP contribution is 2.35. The van der Waals surface area contributed by atoms with Gasteiger partial charge in [-0.25, -0.2) is 4.98 Å². The maximum Gasteiger partial charge on any atom is 0.130 e. The number of rotatable bonds is 4. The summed E-state index contributed by atoms with van der Waals surface area (Å²) in [5, 5.41) is 3.78. The van der Waals surface area contributed by atoms with Crippen LogP contribution in [0, 0.1) is 0 Å². The first-order valence-electron chi connectivity index (χ1n) is 5.95. The van der Waals surface area contributed by atoms with Crippen LogP contribution in [0.25, 0.3) is 10.6 Å². The number of ether oxygens (including phenoxy) is 1. The summed E-state index contributed by atoms with van der Waals surface area (Å²) in [7, 11) is 1.65. The van der Waals surface area contributed by atoms with Crippen molar-refractivity contribution in [2.75, 3.05) is 7.11 Å². The lowest BCUT2D eigenvalue weighted by molar-refractivity contribution is 0.416. The predicted octanol–water partition coefficient (Wildman–Crippen LogP) is 4.99. The molecule has 0 spiro atoms. The van der Waals surface area contributed by atoms with Crippen molar-refractivity contribution in [1.29, 1.82) is 0 Å². The summed E-state index contributed by atoms with van der Waals surface area (Å²) in [6, 6.07) is 5.64. The van der Waals surface area contributed by atoms with E-state index in [1.807, 2.05) is 18.2 Å². The second-order valence-electron chi connectivity index (χ2n) is 4.23. The van der Waals surface area contributed by atoms with E-state index in [1.54, 1.807) is 18.4 Å². The quantitative estimate of drug-likeness (QED) is 0.788. The van der Waals surface area contributed by atoms with Crippen molar-refractivity contribution in [2.24, 2.45) is 0 Å². The van der Waals surface area contributed by atoms with Gasteiger partial charge in [-0.3, -0.25) is 0 Å². The Hall–Kier alpha value is -1.06. The second-order valence-corrected chi connectivity index (χ2v) is 5.53. The third-order valence-electron chi connectivity index (χ3n) is 3.03. The summed E-state index contributed by atoms with van der Waals surface area (Å²) in [5.74, 6) is 1.26. The largest absolute Gasteiger partial charge is 0.496 e. The van der Waals surface area contributed by atoms with E-state index in [4.69, 9.17) is 16.3 Å². The SMILES string of the molecule is CCC(C)c1csc(-c2ccc(Cl)cc2OC)n1. The Morgan fingerprint density at radius 2 is 2.22 bits per heavy atom. The molecule has 1 aromatic heterocycles. The summed E-state index contributed by atoms with van der Waals surface area (Å²) >= 11 is 7.61. The second kappa shape index (κ2) is 5.72. The molecule has 1 atom stereocenters. The van der Waals surface area contributed by atoms with Gasteiger partial charge in [0.1, 0.15) is 10.8 Å². The van der Waals surface area contributed by atoms with Gasteiger partial charge in [0.2, 0.25) is 0 Å². The fourth-order valence-electron chi connectivity index (χ4n) is 1.69. The number of aromatic nitrogens is 1. The Morgan fingerprint density at radius 3 is 2.89 bits per heavy atom. The highest BCUT2D eigenvalue weighted by atomic mass is 35.5. The maximum absolute atomic E-state index is 5.96.